The maximum absolute atomic E-state index is 9.91. The van der Waals surface area contributed by atoms with Crippen molar-refractivity contribution in [2.24, 2.45) is 0 Å². The van der Waals surface area contributed by atoms with Gasteiger partial charge < -0.3 is 14.8 Å². The number of aliphatic hydroxyl groups excluding tert-OH is 1. The lowest BCUT2D eigenvalue weighted by Gasteiger charge is -2.29. The van der Waals surface area contributed by atoms with Crippen LogP contribution in [0.25, 0.3) is 33.3 Å². The number of piperidine rings is 1. The lowest BCUT2D eigenvalue weighted by molar-refractivity contribution is 0.0668. The minimum Gasteiger partial charge on any atom is -0.495 e. The van der Waals surface area contributed by atoms with E-state index in [9.17, 15) is 10.4 Å². The first-order valence-electron chi connectivity index (χ1n) is 11.2. The lowest BCUT2D eigenvalue weighted by atomic mass is 10.00. The highest BCUT2D eigenvalue weighted by molar-refractivity contribution is 5.96. The molecular weight excluding hydrogens is 412 g/mol. The van der Waals surface area contributed by atoms with Crippen molar-refractivity contribution in [2.45, 2.75) is 25.5 Å². The van der Waals surface area contributed by atoms with Crippen molar-refractivity contribution < 1.29 is 9.84 Å². The highest BCUT2D eigenvalue weighted by Gasteiger charge is 2.17. The number of nitrogens with one attached hydrogen (secondary N) is 1. The fourth-order valence-electron chi connectivity index (χ4n) is 4.60. The van der Waals surface area contributed by atoms with Crippen LogP contribution in [0, 0.1) is 11.3 Å². The van der Waals surface area contributed by atoms with Crippen LogP contribution in [0.15, 0.2) is 60.9 Å². The van der Waals surface area contributed by atoms with Crippen molar-refractivity contribution in [3.8, 4) is 34.1 Å². The van der Waals surface area contributed by atoms with Crippen LogP contribution in [0.2, 0.25) is 0 Å². The van der Waals surface area contributed by atoms with Gasteiger partial charge in [0.2, 0.25) is 0 Å². The van der Waals surface area contributed by atoms with Crippen LogP contribution in [0.4, 0.5) is 0 Å². The predicted octanol–water partition coefficient (Wildman–Crippen LogP) is 4.73. The Labute approximate surface area is 193 Å². The van der Waals surface area contributed by atoms with E-state index in [0.29, 0.717) is 11.3 Å². The van der Waals surface area contributed by atoms with Gasteiger partial charge in [0, 0.05) is 42.0 Å². The number of H-pyrrole nitrogens is 1. The Morgan fingerprint density at radius 1 is 1.15 bits per heavy atom. The summed E-state index contributed by atoms with van der Waals surface area (Å²) in [5.74, 6) is 0.569. The molecule has 2 aromatic carbocycles. The normalized spacial score (nSPS) is 16.6. The maximum atomic E-state index is 9.91. The van der Waals surface area contributed by atoms with Gasteiger partial charge >= 0.3 is 0 Å². The summed E-state index contributed by atoms with van der Waals surface area (Å²) in [5, 5.41) is 20.4. The largest absolute Gasteiger partial charge is 0.495 e. The average Bonchev–Trinajstić information content (AvgIpc) is 3.27. The summed E-state index contributed by atoms with van der Waals surface area (Å²) in [7, 11) is 1.57. The van der Waals surface area contributed by atoms with Crippen molar-refractivity contribution in [3.63, 3.8) is 0 Å². The van der Waals surface area contributed by atoms with Crippen molar-refractivity contribution in [1.29, 1.82) is 5.26 Å². The fraction of sp³-hybridized carbons (Fsp3) is 0.259. The van der Waals surface area contributed by atoms with E-state index >= 15 is 0 Å². The molecule has 1 aliphatic rings. The number of pyridine rings is 1. The molecule has 0 bridgehead atoms. The van der Waals surface area contributed by atoms with Crippen molar-refractivity contribution in [3.05, 3.63) is 72.1 Å². The molecule has 1 aliphatic heterocycles. The summed E-state index contributed by atoms with van der Waals surface area (Å²) in [6.07, 6.45) is 5.56. The lowest BCUT2D eigenvalue weighted by Crippen LogP contribution is -2.37. The summed E-state index contributed by atoms with van der Waals surface area (Å²) in [5.41, 5.74) is 6.64. The second-order valence-corrected chi connectivity index (χ2v) is 8.58. The summed E-state index contributed by atoms with van der Waals surface area (Å²) in [4.78, 5) is 10.2. The molecule has 5 rings (SSSR count). The number of ether oxygens (including phenoxy) is 1. The van der Waals surface area contributed by atoms with Crippen LogP contribution in [0.1, 0.15) is 24.0 Å². The Morgan fingerprint density at radius 3 is 2.73 bits per heavy atom. The number of nitriles is 1. The minimum atomic E-state index is -0.207. The van der Waals surface area contributed by atoms with E-state index in [1.54, 1.807) is 7.11 Å². The first-order chi connectivity index (χ1) is 16.1. The first kappa shape index (κ1) is 21.2. The van der Waals surface area contributed by atoms with Crippen LogP contribution < -0.4 is 4.74 Å². The third-order valence-corrected chi connectivity index (χ3v) is 6.34. The first-order valence-corrected chi connectivity index (χ1v) is 11.2. The monoisotopic (exact) mass is 438 g/mol. The number of likely N-dealkylation sites (tertiary alicyclic amines) is 1. The number of nitrogens with zero attached hydrogens (tertiary/aromatic N) is 3. The van der Waals surface area contributed by atoms with Gasteiger partial charge in [-0.25, -0.2) is 4.98 Å². The molecule has 0 radical (unpaired) electrons. The molecule has 0 spiro atoms. The molecule has 166 valence electrons. The number of hydrogen-bond donors (Lipinski definition) is 2. The highest BCUT2D eigenvalue weighted by Crippen LogP contribution is 2.33. The number of rotatable bonds is 5. The molecular formula is C27H26N4O2. The highest BCUT2D eigenvalue weighted by atomic mass is 16.5. The molecule has 0 aliphatic carbocycles. The number of aliphatic hydroxyl groups is 1. The minimum absolute atomic E-state index is 0.207. The van der Waals surface area contributed by atoms with E-state index in [0.717, 1.165) is 65.8 Å². The van der Waals surface area contributed by atoms with E-state index in [1.807, 2.05) is 30.6 Å². The quantitative estimate of drug-likeness (QED) is 0.470. The topological polar surface area (TPSA) is 85.2 Å². The molecule has 4 aromatic rings. The second-order valence-electron chi connectivity index (χ2n) is 8.58. The predicted molar refractivity (Wildman–Crippen MR) is 129 cm³/mol. The smallest absolute Gasteiger partial charge is 0.137 e. The standard InChI is InChI=1S/C27H26N4O2/c1-33-26-9-8-20(11-21(26)13-28)25-15-30-27-24(25)12-22(14-29-27)19-6-4-18(5-7-19)16-31-10-2-3-23(32)17-31/h4-9,11-12,14-15,23,32H,2-3,10,16-17H2,1H3,(H,29,30). The Morgan fingerprint density at radius 2 is 1.97 bits per heavy atom. The van der Waals surface area contributed by atoms with E-state index in [2.05, 4.69) is 51.3 Å². The Hall–Kier alpha value is -3.66. The summed E-state index contributed by atoms with van der Waals surface area (Å²) in [6, 6.07) is 18.5. The van der Waals surface area contributed by atoms with E-state index in [4.69, 9.17) is 4.74 Å². The van der Waals surface area contributed by atoms with Crippen molar-refractivity contribution >= 4 is 11.0 Å². The van der Waals surface area contributed by atoms with Crippen LogP contribution in [-0.4, -0.2) is 46.3 Å². The molecule has 33 heavy (non-hydrogen) atoms. The number of aromatic nitrogens is 2. The SMILES string of the molecule is COc1ccc(-c2c[nH]c3ncc(-c4ccc(CN5CCCC(O)C5)cc4)cc23)cc1C#N. The molecule has 1 fully saturated rings. The van der Waals surface area contributed by atoms with Gasteiger partial charge in [-0.2, -0.15) is 5.26 Å². The molecule has 3 heterocycles. The average molecular weight is 439 g/mol. The van der Waals surface area contributed by atoms with Crippen LogP contribution in [0.3, 0.4) is 0 Å². The van der Waals surface area contributed by atoms with Crippen molar-refractivity contribution in [1.82, 2.24) is 14.9 Å². The zero-order valence-corrected chi connectivity index (χ0v) is 18.6. The molecule has 2 N–H and O–H groups in total. The summed E-state index contributed by atoms with van der Waals surface area (Å²) in [6.45, 7) is 2.64. The third kappa shape index (κ3) is 4.34. The molecule has 0 saturated carbocycles. The molecule has 6 nitrogen and oxygen atoms in total. The second kappa shape index (κ2) is 9.07. The Balaban J connectivity index is 1.42. The van der Waals surface area contributed by atoms with E-state index in [1.165, 1.54) is 5.56 Å². The zero-order valence-electron chi connectivity index (χ0n) is 18.6. The number of benzene rings is 2. The molecule has 1 unspecified atom stereocenters. The van der Waals surface area contributed by atoms with Crippen LogP contribution in [-0.2, 0) is 6.54 Å². The molecule has 1 atom stereocenters. The van der Waals surface area contributed by atoms with Gasteiger partial charge in [0.15, 0.2) is 0 Å². The molecule has 0 amide bonds. The zero-order chi connectivity index (χ0) is 22.8. The van der Waals surface area contributed by atoms with Crippen LogP contribution >= 0.6 is 0 Å². The van der Waals surface area contributed by atoms with Gasteiger partial charge in [-0.15, -0.1) is 0 Å². The van der Waals surface area contributed by atoms with E-state index < -0.39 is 0 Å². The van der Waals surface area contributed by atoms with Gasteiger partial charge in [0.1, 0.15) is 17.5 Å². The van der Waals surface area contributed by atoms with E-state index in [-0.39, 0.29) is 6.10 Å². The number of hydrogen-bond acceptors (Lipinski definition) is 5. The van der Waals surface area contributed by atoms with Gasteiger partial charge in [0.05, 0.1) is 18.8 Å². The number of β-amino-alcohol motifs (C(OH)–C–C–N with tert-alkyl or cyclic N) is 1. The van der Waals surface area contributed by atoms with Gasteiger partial charge in [0.25, 0.3) is 0 Å². The van der Waals surface area contributed by atoms with Crippen molar-refractivity contribution in [2.75, 3.05) is 20.2 Å². The number of aromatic amines is 1. The van der Waals surface area contributed by atoms with Gasteiger partial charge in [-0.3, -0.25) is 4.90 Å². The molecule has 1 saturated heterocycles. The summed E-state index contributed by atoms with van der Waals surface area (Å²) < 4.78 is 5.28. The fourth-order valence-corrected chi connectivity index (χ4v) is 4.60. The summed E-state index contributed by atoms with van der Waals surface area (Å²) >= 11 is 0. The Kier molecular flexibility index (Phi) is 5.82. The van der Waals surface area contributed by atoms with Crippen LogP contribution in [0.5, 0.6) is 5.75 Å². The molecule has 2 aromatic heterocycles. The Bertz CT molecular complexity index is 1320. The van der Waals surface area contributed by atoms with Gasteiger partial charge in [-0.05, 0) is 54.3 Å². The third-order valence-electron chi connectivity index (χ3n) is 6.34. The number of fused-ring (bicyclic) bond motifs is 1. The molecule has 6 heteroatoms. The maximum Gasteiger partial charge on any atom is 0.137 e. The number of methoxy groups -OCH3 is 1. The van der Waals surface area contributed by atoms with Gasteiger partial charge in [-0.1, -0.05) is 30.3 Å².